The Morgan fingerprint density at radius 1 is 1.24 bits per heavy atom. The number of rotatable bonds is 7. The van der Waals surface area contributed by atoms with E-state index in [1.165, 1.54) is 6.07 Å². The van der Waals surface area contributed by atoms with E-state index in [9.17, 15) is 28.0 Å². The monoisotopic (exact) mass is 514 g/mol. The van der Waals surface area contributed by atoms with E-state index in [0.717, 1.165) is 28.9 Å². The Morgan fingerprint density at radius 2 is 1.86 bits per heavy atom. The summed E-state index contributed by atoms with van der Waals surface area (Å²) in [5.41, 5.74) is -0.0900. The summed E-state index contributed by atoms with van der Waals surface area (Å²) in [4.78, 5) is 31.3. The second-order valence-corrected chi connectivity index (χ2v) is 10.1. The summed E-state index contributed by atoms with van der Waals surface area (Å²) in [7, 11) is 0. The minimum atomic E-state index is -4.68. The molecule has 2 atom stereocenters. The summed E-state index contributed by atoms with van der Waals surface area (Å²) in [6.07, 6.45) is -4.68. The van der Waals surface area contributed by atoms with Crippen molar-refractivity contribution in [2.75, 3.05) is 29.9 Å². The lowest BCUT2D eigenvalue weighted by molar-refractivity contribution is -0.137. The number of aryl methyl sites for hydroxylation is 2. The zero-order valence-electron chi connectivity index (χ0n) is 22.0. The molecule has 0 unspecified atom stereocenters. The molecule has 1 N–H and O–H groups in total. The number of carbonyl (C=O) groups is 2. The fourth-order valence-electron chi connectivity index (χ4n) is 5.12. The van der Waals surface area contributed by atoms with Crippen LogP contribution in [0.3, 0.4) is 0 Å². The minimum absolute atomic E-state index is 0.0740. The normalized spacial score (nSPS) is 20.0. The molecule has 0 radical (unpaired) electrons. The molecular formula is C28H33F3N4O2. The van der Waals surface area contributed by atoms with Gasteiger partial charge in [0.1, 0.15) is 0 Å². The molecule has 1 saturated heterocycles. The highest BCUT2D eigenvalue weighted by Gasteiger charge is 2.56. The molecule has 0 aliphatic carbocycles. The van der Waals surface area contributed by atoms with Gasteiger partial charge in [-0.05, 0) is 63.6 Å². The quantitative estimate of drug-likeness (QED) is 0.527. The van der Waals surface area contributed by atoms with E-state index in [1.54, 1.807) is 17.9 Å². The van der Waals surface area contributed by atoms with Crippen LogP contribution in [-0.4, -0.2) is 42.4 Å². The van der Waals surface area contributed by atoms with Crippen LogP contribution in [0.25, 0.3) is 0 Å². The number of hydrogen-bond donors (Lipinski definition) is 1. The van der Waals surface area contributed by atoms with Crippen LogP contribution in [0.5, 0.6) is 0 Å². The van der Waals surface area contributed by atoms with Gasteiger partial charge in [0.25, 0.3) is 0 Å². The van der Waals surface area contributed by atoms with Gasteiger partial charge in [0.05, 0.1) is 28.5 Å². The number of halogens is 3. The average Bonchev–Trinajstić information content (AvgIpc) is 3.07. The van der Waals surface area contributed by atoms with Crippen LogP contribution in [0.15, 0.2) is 36.4 Å². The third kappa shape index (κ3) is 5.49. The van der Waals surface area contributed by atoms with Crippen molar-refractivity contribution in [3.8, 4) is 6.07 Å². The lowest BCUT2D eigenvalue weighted by atomic mass is 9.76. The van der Waals surface area contributed by atoms with Gasteiger partial charge in [0, 0.05) is 30.5 Å². The highest BCUT2D eigenvalue weighted by Crippen LogP contribution is 2.43. The first-order valence-corrected chi connectivity index (χ1v) is 12.3. The maximum Gasteiger partial charge on any atom is 0.416 e. The molecule has 0 saturated carbocycles. The van der Waals surface area contributed by atoms with Crippen molar-refractivity contribution in [2.24, 2.45) is 11.3 Å². The molecule has 1 heterocycles. The SMILES string of the molecule is CCN(C[C@@]1(C(=O)Nc2cc(C#N)cc(C(F)(F)F)c2)CN(c2c(C)cccc2C)C(=O)[C@H]1C)C(C)C. The lowest BCUT2D eigenvalue weighted by Gasteiger charge is -2.37. The largest absolute Gasteiger partial charge is 0.416 e. The first kappa shape index (κ1) is 28.2. The van der Waals surface area contributed by atoms with Crippen LogP contribution in [0.2, 0.25) is 0 Å². The van der Waals surface area contributed by atoms with Gasteiger partial charge in [-0.25, -0.2) is 0 Å². The summed E-state index contributed by atoms with van der Waals surface area (Å²) in [5, 5.41) is 11.9. The van der Waals surface area contributed by atoms with E-state index < -0.39 is 29.0 Å². The maximum absolute atomic E-state index is 14.0. The molecule has 0 bridgehead atoms. The number of amides is 2. The molecule has 1 aliphatic heterocycles. The number of benzene rings is 2. The first-order chi connectivity index (χ1) is 17.2. The van der Waals surface area contributed by atoms with Crippen molar-refractivity contribution in [1.82, 2.24) is 4.90 Å². The van der Waals surface area contributed by atoms with Gasteiger partial charge in [-0.2, -0.15) is 18.4 Å². The zero-order valence-corrected chi connectivity index (χ0v) is 22.0. The second kappa shape index (κ2) is 10.5. The van der Waals surface area contributed by atoms with Crippen LogP contribution >= 0.6 is 0 Å². The number of anilines is 2. The topological polar surface area (TPSA) is 76.4 Å². The Hall–Kier alpha value is -3.38. The standard InChI is InChI=1S/C28H33F3N4O2/c1-7-34(17(2)3)15-27(16-35(25(36)20(27)6)24-18(4)9-8-10-19(24)5)26(37)33-23-12-21(14-32)11-22(13-23)28(29,30)31/h8-13,17,20H,7,15-16H2,1-6H3,(H,33,37)/t20-,27-/m1/s1. The molecule has 9 heteroatoms. The van der Waals surface area contributed by atoms with Crippen LogP contribution < -0.4 is 10.2 Å². The summed E-state index contributed by atoms with van der Waals surface area (Å²) >= 11 is 0. The molecule has 198 valence electrons. The molecular weight excluding hydrogens is 481 g/mol. The van der Waals surface area contributed by atoms with Crippen molar-refractivity contribution in [3.63, 3.8) is 0 Å². The Morgan fingerprint density at radius 3 is 2.38 bits per heavy atom. The van der Waals surface area contributed by atoms with Gasteiger partial charge < -0.3 is 15.1 Å². The van der Waals surface area contributed by atoms with Gasteiger partial charge in [-0.15, -0.1) is 0 Å². The van der Waals surface area contributed by atoms with Gasteiger partial charge in [-0.1, -0.05) is 32.0 Å². The first-order valence-electron chi connectivity index (χ1n) is 12.3. The average molecular weight is 515 g/mol. The molecule has 2 amide bonds. The molecule has 3 rings (SSSR count). The van der Waals surface area contributed by atoms with E-state index in [0.29, 0.717) is 6.54 Å². The molecule has 1 aliphatic rings. The highest BCUT2D eigenvalue weighted by atomic mass is 19.4. The molecule has 0 aromatic heterocycles. The number of carbonyl (C=O) groups excluding carboxylic acids is 2. The number of nitriles is 1. The Kier molecular flexibility index (Phi) is 8.03. The summed E-state index contributed by atoms with van der Waals surface area (Å²) in [6, 6.07) is 10.3. The number of nitrogens with one attached hydrogen (secondary N) is 1. The van der Waals surface area contributed by atoms with Gasteiger partial charge >= 0.3 is 6.18 Å². The molecule has 1 fully saturated rings. The van der Waals surface area contributed by atoms with E-state index in [1.807, 2.05) is 52.8 Å². The van der Waals surface area contributed by atoms with E-state index in [4.69, 9.17) is 0 Å². The predicted octanol–water partition coefficient (Wildman–Crippen LogP) is 5.53. The van der Waals surface area contributed by atoms with E-state index >= 15 is 0 Å². The summed E-state index contributed by atoms with van der Waals surface area (Å²) < 4.78 is 40.4. The molecule has 0 spiro atoms. The molecule has 6 nitrogen and oxygen atoms in total. The number of para-hydroxylation sites is 1. The van der Waals surface area contributed by atoms with Crippen molar-refractivity contribution >= 4 is 23.2 Å². The van der Waals surface area contributed by atoms with Crippen LogP contribution in [0, 0.1) is 36.5 Å². The van der Waals surface area contributed by atoms with Crippen molar-refractivity contribution in [1.29, 1.82) is 5.26 Å². The Labute approximate surface area is 216 Å². The van der Waals surface area contributed by atoms with Gasteiger partial charge in [0.15, 0.2) is 0 Å². The fourth-order valence-corrected chi connectivity index (χ4v) is 5.12. The van der Waals surface area contributed by atoms with Crippen LogP contribution in [0.1, 0.15) is 49.9 Å². The molecule has 37 heavy (non-hydrogen) atoms. The van der Waals surface area contributed by atoms with Crippen LogP contribution in [-0.2, 0) is 15.8 Å². The van der Waals surface area contributed by atoms with Gasteiger partial charge in [-0.3, -0.25) is 9.59 Å². The third-order valence-electron chi connectivity index (χ3n) is 7.34. The predicted molar refractivity (Wildman–Crippen MR) is 137 cm³/mol. The zero-order chi connectivity index (χ0) is 27.7. The van der Waals surface area contributed by atoms with E-state index in [-0.39, 0.29) is 36.3 Å². The number of hydrogen-bond acceptors (Lipinski definition) is 4. The third-order valence-corrected chi connectivity index (χ3v) is 7.34. The molecule has 2 aromatic carbocycles. The van der Waals surface area contributed by atoms with Gasteiger partial charge in [0.2, 0.25) is 11.8 Å². The second-order valence-electron chi connectivity index (χ2n) is 10.1. The Bertz CT molecular complexity index is 1210. The fraction of sp³-hybridized carbons (Fsp3) is 0.464. The van der Waals surface area contributed by atoms with Crippen molar-refractivity contribution in [2.45, 2.75) is 53.8 Å². The lowest BCUT2D eigenvalue weighted by Crippen LogP contribution is -2.52. The summed E-state index contributed by atoms with van der Waals surface area (Å²) in [6.45, 7) is 12.4. The Balaban J connectivity index is 2.10. The number of nitrogens with zero attached hydrogens (tertiary/aromatic N) is 3. The summed E-state index contributed by atoms with van der Waals surface area (Å²) in [5.74, 6) is -1.50. The minimum Gasteiger partial charge on any atom is -0.325 e. The highest BCUT2D eigenvalue weighted by molar-refractivity contribution is 6.08. The number of alkyl halides is 3. The van der Waals surface area contributed by atoms with E-state index in [2.05, 4.69) is 10.2 Å². The van der Waals surface area contributed by atoms with Crippen molar-refractivity contribution < 1.29 is 22.8 Å². The smallest absolute Gasteiger partial charge is 0.325 e. The van der Waals surface area contributed by atoms with Crippen LogP contribution in [0.4, 0.5) is 24.5 Å². The van der Waals surface area contributed by atoms with Crippen molar-refractivity contribution in [3.05, 3.63) is 58.7 Å². The molecule has 2 aromatic rings. The maximum atomic E-state index is 14.0.